The normalized spacial score (nSPS) is 10.4. The Morgan fingerprint density at radius 2 is 0.622 bits per heavy atom. The van der Waals surface area contributed by atoms with Gasteiger partial charge in [-0.3, -0.25) is 29.9 Å². The van der Waals surface area contributed by atoms with Crippen LogP contribution < -0.4 is 40.0 Å². The van der Waals surface area contributed by atoms with Crippen molar-refractivity contribution in [1.29, 1.82) is 0 Å². The molecule has 98 heavy (non-hydrogen) atoms. The summed E-state index contributed by atoms with van der Waals surface area (Å²) in [6.07, 6.45) is 19.8. The molecule has 16 aromatic heterocycles. The van der Waals surface area contributed by atoms with Gasteiger partial charge in [-0.2, -0.15) is 30.5 Å². The van der Waals surface area contributed by atoms with Crippen molar-refractivity contribution in [3.8, 4) is 91.6 Å². The first-order chi connectivity index (χ1) is 46.3. The van der Waals surface area contributed by atoms with E-state index in [4.69, 9.17) is 0 Å². The summed E-state index contributed by atoms with van der Waals surface area (Å²) < 4.78 is 0. The summed E-state index contributed by atoms with van der Waals surface area (Å²) in [6, 6.07) is 60.5. The van der Waals surface area contributed by atoms with Crippen LogP contribution in [0.5, 0.6) is 0 Å². The molecule has 0 fully saturated rings. The third-order valence-electron chi connectivity index (χ3n) is 14.3. The predicted molar refractivity (Wildman–Crippen MR) is 354 cm³/mol. The van der Waals surface area contributed by atoms with E-state index < -0.39 is 0 Å². The Balaban J connectivity index is 0.000000151. The zero-order chi connectivity index (χ0) is 63.7. The average molecular weight is 1650 g/mol. The zero-order valence-corrected chi connectivity index (χ0v) is 58.4. The molecular formula is C73H55N21Pd4. The first-order valence-electron chi connectivity index (χ1n) is 30.0. The molecule has 0 spiro atoms. The first-order valence-corrected chi connectivity index (χ1v) is 30.0. The van der Waals surface area contributed by atoms with Gasteiger partial charge < -0.3 is 55.1 Å². The second-order valence-corrected chi connectivity index (χ2v) is 21.2. The van der Waals surface area contributed by atoms with Crippen LogP contribution in [0.3, 0.4) is 0 Å². The summed E-state index contributed by atoms with van der Waals surface area (Å²) in [4.78, 5) is 84.0. The van der Waals surface area contributed by atoms with Crippen molar-refractivity contribution in [2.75, 3.05) is 0 Å². The topological polar surface area (TPSA) is 280 Å². The van der Waals surface area contributed by atoms with Gasteiger partial charge in [-0.15, -0.1) is 17.1 Å². The van der Waals surface area contributed by atoms with Gasteiger partial charge in [0.1, 0.15) is 11.6 Å². The quantitative estimate of drug-likeness (QED) is 0.0813. The van der Waals surface area contributed by atoms with Crippen molar-refractivity contribution in [3.05, 3.63) is 307 Å². The van der Waals surface area contributed by atoms with E-state index in [0.29, 0.717) is 49.0 Å². The minimum Gasteiger partial charge on any atom is -0.662 e. The molecule has 0 aliphatic carbocycles. The Kier molecular flexibility index (Phi) is 26.2. The fraction of sp³-hybridized carbons (Fsp3) is 0.0822. The third-order valence-corrected chi connectivity index (χ3v) is 14.3. The molecule has 0 unspecified atom stereocenters. The smallest absolute Gasteiger partial charge is 0.662 e. The number of aromatic nitrogens is 21. The van der Waals surface area contributed by atoms with Gasteiger partial charge >= 0.3 is 81.7 Å². The van der Waals surface area contributed by atoms with Crippen molar-refractivity contribution in [2.24, 2.45) is 0 Å². The van der Waals surface area contributed by atoms with Crippen molar-refractivity contribution in [3.63, 3.8) is 0 Å². The number of rotatable bonds is 16. The van der Waals surface area contributed by atoms with Crippen LogP contribution in [-0.2, 0) is 107 Å². The molecule has 0 N–H and O–H groups in total. The fourth-order valence-corrected chi connectivity index (χ4v) is 9.90. The number of hydrogen-bond acceptors (Lipinski definition) is 13. The Morgan fingerprint density at radius 3 is 0.949 bits per heavy atom. The Bertz CT molecular complexity index is 4510. The van der Waals surface area contributed by atoms with Gasteiger partial charge in [0.05, 0.1) is 22.8 Å². The summed E-state index contributed by atoms with van der Waals surface area (Å²) >= 11 is 0. The van der Waals surface area contributed by atoms with Crippen LogP contribution in [0.15, 0.2) is 250 Å². The fourth-order valence-electron chi connectivity index (χ4n) is 9.90. The summed E-state index contributed by atoms with van der Waals surface area (Å²) in [5.41, 5.74) is 19.4. The molecule has 16 heterocycles. The Labute approximate surface area is 619 Å². The molecule has 0 amide bonds. The first kappa shape index (κ1) is 72.0. The van der Waals surface area contributed by atoms with E-state index in [1.165, 1.54) is 0 Å². The van der Waals surface area contributed by atoms with Gasteiger partial charge in [0.15, 0.2) is 0 Å². The molecule has 0 bridgehead atoms. The van der Waals surface area contributed by atoms with E-state index in [-0.39, 0.29) is 81.7 Å². The van der Waals surface area contributed by atoms with Crippen molar-refractivity contribution < 1.29 is 81.7 Å². The Hall–Kier alpha value is -10.3. The molecule has 25 heteroatoms. The summed E-state index contributed by atoms with van der Waals surface area (Å²) in [6.45, 7) is 3.88. The molecule has 0 aliphatic rings. The van der Waals surface area contributed by atoms with Crippen molar-refractivity contribution >= 4 is 0 Å². The van der Waals surface area contributed by atoms with Crippen molar-refractivity contribution in [2.45, 2.75) is 39.5 Å². The van der Waals surface area contributed by atoms with E-state index in [1.807, 2.05) is 202 Å². The second-order valence-electron chi connectivity index (χ2n) is 21.2. The summed E-state index contributed by atoms with van der Waals surface area (Å²) in [5, 5.41) is 8.17. The van der Waals surface area contributed by atoms with E-state index >= 15 is 0 Å². The number of nitrogens with zero attached hydrogens (tertiary/aromatic N) is 21. The molecule has 16 rings (SSSR count). The average Bonchev–Trinajstić information content (AvgIpc) is 1.88. The van der Waals surface area contributed by atoms with Crippen molar-refractivity contribution in [1.82, 2.24) is 105 Å². The summed E-state index contributed by atoms with van der Waals surface area (Å²) in [5.74, 6) is 2.58. The number of imidazole rings is 2. The van der Waals surface area contributed by atoms with Crippen LogP contribution in [0.4, 0.5) is 0 Å². The van der Waals surface area contributed by atoms with Gasteiger partial charge in [-0.05, 0) is 104 Å². The van der Waals surface area contributed by atoms with E-state index in [9.17, 15) is 0 Å². The van der Waals surface area contributed by atoms with Gasteiger partial charge in [-0.1, -0.05) is 152 Å². The minimum absolute atomic E-state index is 0. The molecular weight excluding hydrogens is 1600 g/mol. The SMILES string of the molecule is Cc1cc(-c2cccc(Cc3cccc(-c4ncc[n-]4)n3)n2)[n-]n1.Cc1ccc(-c2nccc(Cc3cccc(-c4ccc[n-]4)n3)n2)[n-]1.[Pd+2].[Pd+2].[Pd+2].[Pd+2].c1cc(Cc2cccc(-c3ncc[n-]3)n2)nc(-c2ccc[n-]2)c1.c1cc(Cc2ccnc(-c3ccc[n-]3)n2)nc(-c2ccc[n-]2)c1. The van der Waals surface area contributed by atoms with Crippen LogP contribution >= 0.6 is 0 Å². The maximum atomic E-state index is 4.68. The van der Waals surface area contributed by atoms with Gasteiger partial charge in [0, 0.05) is 101 Å². The molecule has 0 radical (unpaired) electrons. The third kappa shape index (κ3) is 19.5. The van der Waals surface area contributed by atoms with E-state index in [1.54, 1.807) is 62.0 Å². The van der Waals surface area contributed by atoms with Crippen LogP contribution in [0.1, 0.15) is 56.9 Å². The van der Waals surface area contributed by atoms with Crippen LogP contribution in [0.25, 0.3) is 91.6 Å². The van der Waals surface area contributed by atoms with Gasteiger partial charge in [-0.25, -0.2) is 19.9 Å². The largest absolute Gasteiger partial charge is 2.00 e. The molecule has 0 saturated carbocycles. The maximum absolute atomic E-state index is 4.68. The number of hydrogen-bond donors (Lipinski definition) is 0. The zero-order valence-electron chi connectivity index (χ0n) is 52.2. The number of aryl methyl sites for hydroxylation is 2. The van der Waals surface area contributed by atoms with Gasteiger partial charge in [0.25, 0.3) is 0 Å². The second kappa shape index (κ2) is 35.6. The monoisotopic (exact) mass is 1650 g/mol. The molecule has 0 aromatic carbocycles. The van der Waals surface area contributed by atoms with Gasteiger partial charge in [0.2, 0.25) is 0 Å². The minimum atomic E-state index is 0. The molecule has 0 aliphatic heterocycles. The molecule has 0 atom stereocenters. The molecule has 492 valence electrons. The van der Waals surface area contributed by atoms with E-state index in [0.717, 1.165) is 125 Å². The van der Waals surface area contributed by atoms with Crippen LogP contribution in [0.2, 0.25) is 0 Å². The maximum Gasteiger partial charge on any atom is 2.00 e. The Morgan fingerprint density at radius 1 is 0.276 bits per heavy atom. The molecule has 16 aromatic rings. The molecule has 0 saturated heterocycles. The van der Waals surface area contributed by atoms with Crippen LogP contribution in [-0.4, -0.2) is 64.9 Å². The van der Waals surface area contributed by atoms with E-state index in [2.05, 4.69) is 105 Å². The number of pyridine rings is 6. The summed E-state index contributed by atoms with van der Waals surface area (Å²) in [7, 11) is 0. The predicted octanol–water partition coefficient (Wildman–Crippen LogP) is 10.8. The molecule has 21 nitrogen and oxygen atoms in total. The standard InChI is InChI=1S/C19H15N5.C18H14N6.2C18H13N5.4Pd/c1-13-7-8-18(22-13)19-21-11-9-15(24-19)12-14-4-2-5-17(23-14)16-6-3-10-20-16;1-12-10-17(24-23-12)15-6-2-4-13(21-15)11-14-5-3-7-16(22-14)18-19-8-9-20-18;1-4-13(22-16(6-1)15-8-3-9-19-15)12-14-5-2-7-17(23-14)18-20-10-11-21-18;1-4-13(22-16(5-1)15-6-2-9-19-15)12-14-8-11-21-18(23-14)17-7-3-10-20-17;;;;/h2-11H,12H2,1H3;2-10H,11H2,1H3;2*1-11H,12H2;;;;/q4*-2;4*+2. The van der Waals surface area contributed by atoms with Crippen LogP contribution in [0, 0.1) is 13.8 Å².